The maximum absolute atomic E-state index is 12.9. The van der Waals surface area contributed by atoms with Gasteiger partial charge in [0.2, 0.25) is 5.78 Å². The number of benzene rings is 1. The number of H-pyrrole nitrogens is 1. The molecule has 0 radical (unpaired) electrons. The number of rotatable bonds is 7. The van der Waals surface area contributed by atoms with Gasteiger partial charge in [-0.25, -0.2) is 0 Å². The highest BCUT2D eigenvalue weighted by Crippen LogP contribution is 2.27. The molecular weight excluding hydrogens is 408 g/mol. The van der Waals surface area contributed by atoms with Crippen molar-refractivity contribution in [3.8, 4) is 11.8 Å². The molecule has 0 amide bonds. The average molecular weight is 429 g/mol. The van der Waals surface area contributed by atoms with Crippen LogP contribution in [-0.4, -0.2) is 23.2 Å². The quantitative estimate of drug-likeness (QED) is 0.374. The normalized spacial score (nSPS) is 11.2. The summed E-state index contributed by atoms with van der Waals surface area (Å²) in [5, 5.41) is 9.56. The van der Waals surface area contributed by atoms with Crippen molar-refractivity contribution in [3.63, 3.8) is 0 Å². The molecule has 0 aliphatic carbocycles. The maximum atomic E-state index is 12.9. The SMILES string of the molecule is CCCOc1ccc(Br)cc1C=C(C#N)C(=O)c1[nH]c(C)c(C(C)=O)c1C. The highest BCUT2D eigenvalue weighted by atomic mass is 79.9. The summed E-state index contributed by atoms with van der Waals surface area (Å²) in [7, 11) is 0. The standard InChI is InChI=1S/C21H21BrN2O3/c1-5-8-27-18-7-6-17(22)10-15(18)9-16(11-23)21(26)20-12(2)19(14(4)25)13(3)24-20/h6-7,9-10,24H,5,8H2,1-4H3. The Bertz CT molecular complexity index is 965. The summed E-state index contributed by atoms with van der Waals surface area (Å²) in [4.78, 5) is 27.7. The first-order valence-electron chi connectivity index (χ1n) is 8.59. The summed E-state index contributed by atoms with van der Waals surface area (Å²) in [6.45, 7) is 7.44. The van der Waals surface area contributed by atoms with E-state index in [1.165, 1.54) is 13.0 Å². The molecule has 5 nitrogen and oxygen atoms in total. The fourth-order valence-corrected chi connectivity index (χ4v) is 3.30. The summed E-state index contributed by atoms with van der Waals surface area (Å²) in [6, 6.07) is 7.40. The van der Waals surface area contributed by atoms with Gasteiger partial charge in [0.25, 0.3) is 0 Å². The molecule has 0 fully saturated rings. The zero-order chi connectivity index (χ0) is 20.1. The first-order chi connectivity index (χ1) is 12.8. The minimum atomic E-state index is -0.452. The second-order valence-electron chi connectivity index (χ2n) is 6.21. The van der Waals surface area contributed by atoms with Crippen LogP contribution in [0.4, 0.5) is 0 Å². The molecule has 1 N–H and O–H groups in total. The first-order valence-corrected chi connectivity index (χ1v) is 9.38. The lowest BCUT2D eigenvalue weighted by Gasteiger charge is -2.09. The van der Waals surface area contributed by atoms with Crippen LogP contribution in [0.3, 0.4) is 0 Å². The number of halogens is 1. The van der Waals surface area contributed by atoms with E-state index < -0.39 is 5.78 Å². The second-order valence-corrected chi connectivity index (χ2v) is 7.13. The summed E-state index contributed by atoms with van der Waals surface area (Å²) in [6.07, 6.45) is 2.36. The van der Waals surface area contributed by atoms with Crippen LogP contribution in [0.15, 0.2) is 28.2 Å². The van der Waals surface area contributed by atoms with Crippen LogP contribution in [0.1, 0.15) is 57.9 Å². The molecule has 0 bridgehead atoms. The van der Waals surface area contributed by atoms with Crippen LogP contribution in [0, 0.1) is 25.2 Å². The molecule has 0 saturated carbocycles. The number of aryl methyl sites for hydroxylation is 1. The Hall–Kier alpha value is -2.65. The lowest BCUT2D eigenvalue weighted by molar-refractivity contribution is 0.101. The minimum Gasteiger partial charge on any atom is -0.493 e. The van der Waals surface area contributed by atoms with E-state index in [1.807, 2.05) is 19.1 Å². The van der Waals surface area contributed by atoms with Crippen molar-refractivity contribution in [2.24, 2.45) is 0 Å². The predicted octanol–water partition coefficient (Wildman–Crippen LogP) is 5.18. The van der Waals surface area contributed by atoms with E-state index in [9.17, 15) is 14.9 Å². The zero-order valence-electron chi connectivity index (χ0n) is 15.8. The molecule has 0 saturated heterocycles. The number of ether oxygens (including phenoxy) is 1. The summed E-state index contributed by atoms with van der Waals surface area (Å²) >= 11 is 3.40. The van der Waals surface area contributed by atoms with Crippen LogP contribution in [-0.2, 0) is 0 Å². The van der Waals surface area contributed by atoms with Crippen molar-refractivity contribution >= 4 is 33.6 Å². The number of carbonyl (C=O) groups excluding carboxylic acids is 2. The van der Waals surface area contributed by atoms with Crippen molar-refractivity contribution in [1.29, 1.82) is 5.26 Å². The number of allylic oxidation sites excluding steroid dienone is 1. The fourth-order valence-electron chi connectivity index (χ4n) is 2.92. The molecule has 0 atom stereocenters. The third-order valence-electron chi connectivity index (χ3n) is 4.12. The van der Waals surface area contributed by atoms with Gasteiger partial charge < -0.3 is 9.72 Å². The third kappa shape index (κ3) is 4.55. The van der Waals surface area contributed by atoms with E-state index in [2.05, 4.69) is 20.9 Å². The highest BCUT2D eigenvalue weighted by molar-refractivity contribution is 9.10. The lowest BCUT2D eigenvalue weighted by Crippen LogP contribution is -2.05. The van der Waals surface area contributed by atoms with Gasteiger partial charge in [-0.3, -0.25) is 9.59 Å². The van der Waals surface area contributed by atoms with E-state index >= 15 is 0 Å². The molecule has 0 spiro atoms. The van der Waals surface area contributed by atoms with Crippen LogP contribution in [0.2, 0.25) is 0 Å². The predicted molar refractivity (Wildman–Crippen MR) is 108 cm³/mol. The number of nitrogens with zero attached hydrogens (tertiary/aromatic N) is 1. The number of carbonyl (C=O) groups is 2. The molecule has 2 aromatic rings. The van der Waals surface area contributed by atoms with Gasteiger partial charge >= 0.3 is 0 Å². The van der Waals surface area contributed by atoms with Gasteiger partial charge in [0.1, 0.15) is 17.4 Å². The highest BCUT2D eigenvalue weighted by Gasteiger charge is 2.22. The molecule has 1 aromatic heterocycles. The topological polar surface area (TPSA) is 82.9 Å². The molecule has 1 heterocycles. The molecule has 140 valence electrons. The van der Waals surface area contributed by atoms with Crippen LogP contribution in [0.25, 0.3) is 6.08 Å². The van der Waals surface area contributed by atoms with Gasteiger partial charge in [0.05, 0.1) is 12.3 Å². The van der Waals surface area contributed by atoms with Gasteiger partial charge in [0.15, 0.2) is 5.78 Å². The molecule has 0 aliphatic rings. The molecule has 1 aromatic carbocycles. The van der Waals surface area contributed by atoms with Crippen LogP contribution in [0.5, 0.6) is 5.75 Å². The van der Waals surface area contributed by atoms with Crippen molar-refractivity contribution < 1.29 is 14.3 Å². The van der Waals surface area contributed by atoms with Gasteiger partial charge in [0, 0.05) is 21.3 Å². The number of ketones is 2. The van der Waals surface area contributed by atoms with E-state index in [0.29, 0.717) is 34.7 Å². The molecule has 2 rings (SSSR count). The zero-order valence-corrected chi connectivity index (χ0v) is 17.4. The Labute approximate surface area is 167 Å². The van der Waals surface area contributed by atoms with Gasteiger partial charge in [-0.1, -0.05) is 22.9 Å². The summed E-state index contributed by atoms with van der Waals surface area (Å²) in [5.74, 6) is 0.0291. The number of aromatic nitrogens is 1. The first kappa shape index (κ1) is 20.7. The fraction of sp³-hybridized carbons (Fsp3) is 0.286. The number of hydrogen-bond acceptors (Lipinski definition) is 4. The molecular formula is C21H21BrN2O3. The van der Waals surface area contributed by atoms with Gasteiger partial charge in [-0.2, -0.15) is 5.26 Å². The molecule has 6 heteroatoms. The Morgan fingerprint density at radius 3 is 2.59 bits per heavy atom. The average Bonchev–Trinajstić information content (AvgIpc) is 2.92. The van der Waals surface area contributed by atoms with Crippen molar-refractivity contribution in [2.75, 3.05) is 6.61 Å². The maximum Gasteiger partial charge on any atom is 0.219 e. The van der Waals surface area contributed by atoms with Crippen LogP contribution >= 0.6 is 15.9 Å². The number of nitrogens with one attached hydrogen (secondary N) is 1. The van der Waals surface area contributed by atoms with Crippen molar-refractivity contribution in [2.45, 2.75) is 34.1 Å². The Morgan fingerprint density at radius 2 is 2.04 bits per heavy atom. The van der Waals surface area contributed by atoms with Crippen LogP contribution < -0.4 is 4.74 Å². The summed E-state index contributed by atoms with van der Waals surface area (Å²) < 4.78 is 6.53. The third-order valence-corrected chi connectivity index (χ3v) is 4.61. The molecule has 0 aliphatic heterocycles. The molecule has 27 heavy (non-hydrogen) atoms. The van der Waals surface area contributed by atoms with E-state index in [4.69, 9.17) is 4.74 Å². The van der Waals surface area contributed by atoms with E-state index in [0.717, 1.165) is 10.9 Å². The van der Waals surface area contributed by atoms with Gasteiger partial charge in [-0.05, 0) is 57.0 Å². The minimum absolute atomic E-state index is 0.0334. The Kier molecular flexibility index (Phi) is 6.75. The second kappa shape index (κ2) is 8.83. The lowest BCUT2D eigenvalue weighted by atomic mass is 10.0. The number of nitriles is 1. The summed E-state index contributed by atoms with van der Waals surface area (Å²) in [5.41, 5.74) is 2.53. The monoisotopic (exact) mass is 428 g/mol. The van der Waals surface area contributed by atoms with E-state index in [1.54, 1.807) is 26.0 Å². The van der Waals surface area contributed by atoms with Crippen molar-refractivity contribution in [1.82, 2.24) is 4.98 Å². The van der Waals surface area contributed by atoms with Crippen molar-refractivity contribution in [3.05, 3.63) is 56.3 Å². The largest absolute Gasteiger partial charge is 0.493 e. The van der Waals surface area contributed by atoms with E-state index in [-0.39, 0.29) is 17.1 Å². The Morgan fingerprint density at radius 1 is 1.33 bits per heavy atom. The smallest absolute Gasteiger partial charge is 0.219 e. The number of hydrogen-bond donors (Lipinski definition) is 1. The molecule has 0 unspecified atom stereocenters. The van der Waals surface area contributed by atoms with Gasteiger partial charge in [-0.15, -0.1) is 0 Å². The number of Topliss-reactive ketones (excluding diaryl/α,β-unsaturated/α-hetero) is 2. The number of aromatic amines is 1. The Balaban J connectivity index is 2.50.